The lowest BCUT2D eigenvalue weighted by atomic mass is 10.4. The number of carbonyl (C=O) groups excluding carboxylic acids is 1. The molecule has 0 rings (SSSR count). The Labute approximate surface area is 62.3 Å². The minimum Gasteiger partial charge on any atom is -0.506 e. The maximum absolute atomic E-state index is 11.5. The average Bonchev–Trinajstić information content (AvgIpc) is 1.87. The Morgan fingerprint density at radius 1 is 1.73 bits per heavy atom. The molecule has 0 saturated heterocycles. The molecule has 0 unspecified atom stereocenters. The van der Waals surface area contributed by atoms with Gasteiger partial charge in [-0.15, -0.1) is 0 Å². The van der Waals surface area contributed by atoms with E-state index < -0.39 is 18.2 Å². The van der Waals surface area contributed by atoms with Gasteiger partial charge in [-0.2, -0.15) is 0 Å². The molecule has 0 fully saturated rings. The fourth-order valence-electron chi connectivity index (χ4n) is 0.368. The summed E-state index contributed by atoms with van der Waals surface area (Å²) in [6, 6.07) is 0. The van der Waals surface area contributed by atoms with Gasteiger partial charge in [0.25, 0.3) is 6.43 Å². The molecule has 64 valence electrons. The van der Waals surface area contributed by atoms with Crippen LogP contribution in [0.4, 0.5) is 8.78 Å². The van der Waals surface area contributed by atoms with Crippen LogP contribution in [-0.4, -0.2) is 24.1 Å². The van der Waals surface area contributed by atoms with Crippen LogP contribution in [0.1, 0.15) is 6.92 Å². The van der Waals surface area contributed by atoms with Crippen LogP contribution in [0.25, 0.3) is 0 Å². The van der Waals surface area contributed by atoms with E-state index in [0.29, 0.717) is 6.08 Å². The van der Waals surface area contributed by atoms with E-state index in [-0.39, 0.29) is 6.61 Å². The van der Waals surface area contributed by atoms with Crippen molar-refractivity contribution in [2.24, 2.45) is 0 Å². The summed E-state index contributed by atoms with van der Waals surface area (Å²) in [5.74, 6) is -2.24. The van der Waals surface area contributed by atoms with Crippen LogP contribution >= 0.6 is 0 Å². The van der Waals surface area contributed by atoms with Gasteiger partial charge in [0, 0.05) is 0 Å². The number of rotatable bonds is 3. The van der Waals surface area contributed by atoms with Gasteiger partial charge in [-0.05, 0) is 6.92 Å². The van der Waals surface area contributed by atoms with E-state index in [9.17, 15) is 13.6 Å². The highest BCUT2D eigenvalue weighted by Crippen LogP contribution is 2.03. The zero-order chi connectivity index (χ0) is 8.85. The maximum atomic E-state index is 11.5. The summed E-state index contributed by atoms with van der Waals surface area (Å²) in [5, 5.41) is 8.33. The molecular weight excluding hydrogens is 158 g/mol. The molecule has 0 aliphatic heterocycles. The maximum Gasteiger partial charge on any atom is 0.334 e. The first-order valence-electron chi connectivity index (χ1n) is 2.93. The second-order valence-electron chi connectivity index (χ2n) is 1.62. The monoisotopic (exact) mass is 166 g/mol. The Hall–Kier alpha value is -1.13. The first-order chi connectivity index (χ1) is 5.07. The highest BCUT2D eigenvalue weighted by molar-refractivity contribution is 5.82. The van der Waals surface area contributed by atoms with Crippen LogP contribution in [0.5, 0.6) is 0 Å². The predicted octanol–water partition coefficient (Wildman–Crippen LogP) is 1.26. The second-order valence-corrected chi connectivity index (χ2v) is 1.62. The predicted molar refractivity (Wildman–Crippen MR) is 33.3 cm³/mol. The summed E-state index contributed by atoms with van der Waals surface area (Å²) in [6.07, 6.45) is -2.67. The summed E-state index contributed by atoms with van der Waals surface area (Å²) in [4.78, 5) is 10.4. The Morgan fingerprint density at radius 2 is 2.27 bits per heavy atom. The third-order valence-corrected chi connectivity index (χ3v) is 0.776. The van der Waals surface area contributed by atoms with Gasteiger partial charge in [0.15, 0.2) is 5.76 Å². The second kappa shape index (κ2) is 4.65. The van der Waals surface area contributed by atoms with Crippen molar-refractivity contribution >= 4 is 5.97 Å². The molecule has 0 spiro atoms. The van der Waals surface area contributed by atoms with Gasteiger partial charge >= 0.3 is 5.97 Å². The molecule has 0 aliphatic carbocycles. The normalized spacial score (nSPS) is 11.8. The molecule has 0 saturated carbocycles. The van der Waals surface area contributed by atoms with Crippen molar-refractivity contribution in [2.75, 3.05) is 6.61 Å². The van der Waals surface area contributed by atoms with Crippen molar-refractivity contribution in [3.63, 3.8) is 0 Å². The molecule has 0 bridgehead atoms. The molecular formula is C6H8F2O3. The number of esters is 1. The van der Waals surface area contributed by atoms with Crippen LogP contribution in [0, 0.1) is 0 Å². The summed E-state index contributed by atoms with van der Waals surface area (Å²) in [6.45, 7) is 1.62. The van der Waals surface area contributed by atoms with Gasteiger partial charge < -0.3 is 9.84 Å². The zero-order valence-electron chi connectivity index (χ0n) is 5.88. The molecule has 11 heavy (non-hydrogen) atoms. The summed E-state index contributed by atoms with van der Waals surface area (Å²) >= 11 is 0. The molecule has 0 aliphatic rings. The Kier molecular flexibility index (Phi) is 4.17. The number of aliphatic hydroxyl groups is 1. The fourth-order valence-corrected chi connectivity index (χ4v) is 0.368. The van der Waals surface area contributed by atoms with Crippen LogP contribution in [-0.2, 0) is 9.53 Å². The van der Waals surface area contributed by atoms with E-state index in [1.54, 1.807) is 0 Å². The van der Waals surface area contributed by atoms with E-state index in [1.165, 1.54) is 6.92 Å². The SMILES string of the molecule is CCOC(=O)C=C(O)C(F)F. The Morgan fingerprint density at radius 3 is 2.64 bits per heavy atom. The van der Waals surface area contributed by atoms with Crippen molar-refractivity contribution < 1.29 is 23.4 Å². The summed E-state index contributed by atoms with van der Waals surface area (Å²) < 4.78 is 27.3. The van der Waals surface area contributed by atoms with Gasteiger partial charge in [-0.3, -0.25) is 0 Å². The molecule has 1 N–H and O–H groups in total. The highest BCUT2D eigenvalue weighted by Gasteiger charge is 2.10. The third kappa shape index (κ3) is 4.30. The highest BCUT2D eigenvalue weighted by atomic mass is 19.3. The number of alkyl halides is 2. The van der Waals surface area contributed by atoms with Crippen LogP contribution in [0.15, 0.2) is 11.8 Å². The quantitative estimate of drug-likeness (QED) is 0.390. The molecule has 0 aromatic rings. The standard InChI is InChI=1S/C6H8F2O3/c1-2-11-5(10)3-4(9)6(7)8/h3,6,9H,2H2,1H3. The topological polar surface area (TPSA) is 46.5 Å². The molecule has 0 amide bonds. The lowest BCUT2D eigenvalue weighted by molar-refractivity contribution is -0.137. The first kappa shape index (κ1) is 9.87. The number of ether oxygens (including phenoxy) is 1. The smallest absolute Gasteiger partial charge is 0.334 e. The number of halogens is 2. The van der Waals surface area contributed by atoms with Crippen LogP contribution in [0.3, 0.4) is 0 Å². The van der Waals surface area contributed by atoms with Crippen molar-refractivity contribution in [2.45, 2.75) is 13.3 Å². The molecule has 0 radical (unpaired) electrons. The molecule has 0 heterocycles. The number of hydrogen-bond acceptors (Lipinski definition) is 3. The van der Waals surface area contributed by atoms with Gasteiger partial charge in [0.05, 0.1) is 12.7 Å². The van der Waals surface area contributed by atoms with Crippen molar-refractivity contribution in [3.8, 4) is 0 Å². The molecule has 5 heteroatoms. The minimum atomic E-state index is -3.03. The van der Waals surface area contributed by atoms with Crippen molar-refractivity contribution in [1.29, 1.82) is 0 Å². The lowest BCUT2D eigenvalue weighted by Gasteiger charge is -1.97. The van der Waals surface area contributed by atoms with Gasteiger partial charge in [-0.25, -0.2) is 13.6 Å². The van der Waals surface area contributed by atoms with E-state index in [2.05, 4.69) is 4.74 Å². The van der Waals surface area contributed by atoms with E-state index in [1.807, 2.05) is 0 Å². The number of aliphatic hydroxyl groups excluding tert-OH is 1. The first-order valence-corrected chi connectivity index (χ1v) is 2.93. The Balaban J connectivity index is 3.97. The molecule has 0 aromatic carbocycles. The van der Waals surface area contributed by atoms with Crippen LogP contribution in [0.2, 0.25) is 0 Å². The number of hydrogen-bond donors (Lipinski definition) is 1. The molecule has 3 nitrogen and oxygen atoms in total. The van der Waals surface area contributed by atoms with E-state index in [4.69, 9.17) is 5.11 Å². The molecule has 0 aromatic heterocycles. The van der Waals surface area contributed by atoms with Gasteiger partial charge in [-0.1, -0.05) is 0 Å². The zero-order valence-corrected chi connectivity index (χ0v) is 5.88. The summed E-state index contributed by atoms with van der Waals surface area (Å²) in [5.41, 5.74) is 0. The minimum absolute atomic E-state index is 0.0891. The lowest BCUT2D eigenvalue weighted by Crippen LogP contribution is -2.04. The van der Waals surface area contributed by atoms with E-state index in [0.717, 1.165) is 0 Å². The number of allylic oxidation sites excluding steroid dienone is 1. The number of carbonyl (C=O) groups is 1. The van der Waals surface area contributed by atoms with Crippen molar-refractivity contribution in [3.05, 3.63) is 11.8 Å². The van der Waals surface area contributed by atoms with Crippen LogP contribution < -0.4 is 0 Å². The average molecular weight is 166 g/mol. The third-order valence-electron chi connectivity index (χ3n) is 0.776. The van der Waals surface area contributed by atoms with E-state index >= 15 is 0 Å². The largest absolute Gasteiger partial charge is 0.506 e. The molecule has 0 atom stereocenters. The van der Waals surface area contributed by atoms with Gasteiger partial charge in [0.1, 0.15) is 0 Å². The summed E-state index contributed by atoms with van der Waals surface area (Å²) in [7, 11) is 0. The fraction of sp³-hybridized carbons (Fsp3) is 0.500. The van der Waals surface area contributed by atoms with Crippen molar-refractivity contribution in [1.82, 2.24) is 0 Å². The van der Waals surface area contributed by atoms with Gasteiger partial charge in [0.2, 0.25) is 0 Å². The Bertz CT molecular complexity index is 165.